The Bertz CT molecular complexity index is 591. The molecule has 0 saturated heterocycles. The number of ether oxygens (including phenoxy) is 2. The Hall–Kier alpha value is -2.35. The summed E-state index contributed by atoms with van der Waals surface area (Å²) in [5, 5.41) is 10.2. The number of carbonyl (C=O) groups excluding carboxylic acids is 1. The lowest BCUT2D eigenvalue weighted by molar-refractivity contribution is -0.123. The third-order valence-corrected chi connectivity index (χ3v) is 2.93. The number of thiocarbonyl (C=S) groups is 1. The largest absolute Gasteiger partial charge is 0.493 e. The molecule has 0 radical (unpaired) electrons. The fourth-order valence-electron chi connectivity index (χ4n) is 1.74. The molecule has 0 aliphatic carbocycles. The van der Waals surface area contributed by atoms with Gasteiger partial charge in [-0.3, -0.25) is 10.2 Å². The molecule has 1 aromatic carbocycles. The van der Waals surface area contributed by atoms with E-state index in [9.17, 15) is 4.79 Å². The first-order valence-electron chi connectivity index (χ1n) is 7.63. The molecule has 0 unspecified atom stereocenters. The van der Waals surface area contributed by atoms with Gasteiger partial charge in [0.25, 0.3) is 5.91 Å². The van der Waals surface area contributed by atoms with E-state index in [2.05, 4.69) is 21.2 Å². The molecule has 0 aliphatic heterocycles. The maximum absolute atomic E-state index is 11.4. The molecule has 1 amide bonds. The quantitative estimate of drug-likeness (QED) is 0.373. The van der Waals surface area contributed by atoms with Crippen LogP contribution in [0.3, 0.4) is 0 Å². The van der Waals surface area contributed by atoms with Crippen molar-refractivity contribution >= 4 is 29.5 Å². The van der Waals surface area contributed by atoms with Crippen molar-refractivity contribution < 1.29 is 14.3 Å². The van der Waals surface area contributed by atoms with Crippen LogP contribution in [0, 0.1) is 0 Å². The summed E-state index contributed by atoms with van der Waals surface area (Å²) in [4.78, 5) is 11.4. The van der Waals surface area contributed by atoms with E-state index in [4.69, 9.17) is 21.7 Å². The first-order chi connectivity index (χ1) is 11.5. The Morgan fingerprint density at radius 1 is 1.38 bits per heavy atom. The van der Waals surface area contributed by atoms with Crippen LogP contribution >= 0.6 is 12.2 Å². The number of rotatable bonds is 8. The molecule has 0 atom stereocenters. The molecule has 8 heteroatoms. The molecule has 1 rings (SSSR count). The fourth-order valence-corrected chi connectivity index (χ4v) is 2.02. The van der Waals surface area contributed by atoms with Crippen molar-refractivity contribution in [1.29, 1.82) is 0 Å². The SMILES string of the molecule is CCNC(=O)COc1ccc(C=NNC(=S)NC(C)C)cc1OC. The number of amides is 1. The Kier molecular flexibility index (Phi) is 8.56. The minimum Gasteiger partial charge on any atom is -0.493 e. The van der Waals surface area contributed by atoms with Gasteiger partial charge in [-0.15, -0.1) is 0 Å². The molecule has 3 N–H and O–H groups in total. The molecule has 0 aromatic heterocycles. The van der Waals surface area contributed by atoms with Crippen LogP contribution < -0.4 is 25.5 Å². The van der Waals surface area contributed by atoms with E-state index in [1.54, 1.807) is 24.4 Å². The molecular weight excluding hydrogens is 328 g/mol. The number of nitrogens with zero attached hydrogens (tertiary/aromatic N) is 1. The molecule has 132 valence electrons. The van der Waals surface area contributed by atoms with Gasteiger partial charge in [-0.05, 0) is 56.8 Å². The summed E-state index contributed by atoms with van der Waals surface area (Å²) >= 11 is 5.08. The van der Waals surface area contributed by atoms with E-state index in [-0.39, 0.29) is 18.6 Å². The Labute approximate surface area is 147 Å². The average Bonchev–Trinajstić information content (AvgIpc) is 2.53. The second-order valence-corrected chi connectivity index (χ2v) is 5.56. The third kappa shape index (κ3) is 7.28. The minimum atomic E-state index is -0.180. The highest BCUT2D eigenvalue weighted by Crippen LogP contribution is 2.27. The number of hydrogen-bond acceptors (Lipinski definition) is 5. The first-order valence-corrected chi connectivity index (χ1v) is 8.04. The zero-order valence-corrected chi connectivity index (χ0v) is 15.2. The minimum absolute atomic E-state index is 0.0612. The van der Waals surface area contributed by atoms with E-state index >= 15 is 0 Å². The number of nitrogens with one attached hydrogen (secondary N) is 3. The zero-order chi connectivity index (χ0) is 17.9. The fraction of sp³-hybridized carbons (Fsp3) is 0.438. The molecule has 0 aliphatic rings. The van der Waals surface area contributed by atoms with Crippen molar-refractivity contribution in [2.24, 2.45) is 5.10 Å². The zero-order valence-electron chi connectivity index (χ0n) is 14.4. The van der Waals surface area contributed by atoms with Gasteiger partial charge in [0.1, 0.15) is 0 Å². The number of benzene rings is 1. The Morgan fingerprint density at radius 2 is 2.12 bits per heavy atom. The molecule has 0 saturated carbocycles. The van der Waals surface area contributed by atoms with Crippen LogP contribution in [-0.2, 0) is 4.79 Å². The highest BCUT2D eigenvalue weighted by Gasteiger charge is 2.07. The predicted octanol–water partition coefficient (Wildman–Crippen LogP) is 1.42. The summed E-state index contributed by atoms with van der Waals surface area (Å²) in [5.74, 6) is 0.831. The van der Waals surface area contributed by atoms with Crippen LogP contribution in [0.1, 0.15) is 26.3 Å². The topological polar surface area (TPSA) is 84.0 Å². The molecule has 7 nitrogen and oxygen atoms in total. The van der Waals surface area contributed by atoms with Gasteiger partial charge in [0.05, 0.1) is 13.3 Å². The highest BCUT2D eigenvalue weighted by molar-refractivity contribution is 7.80. The van der Waals surface area contributed by atoms with Crippen molar-refractivity contribution in [2.75, 3.05) is 20.3 Å². The van der Waals surface area contributed by atoms with Gasteiger partial charge in [0, 0.05) is 12.6 Å². The van der Waals surface area contributed by atoms with Crippen LogP contribution in [0.25, 0.3) is 0 Å². The molecule has 24 heavy (non-hydrogen) atoms. The molecule has 0 bridgehead atoms. The van der Waals surface area contributed by atoms with Crippen LogP contribution in [0.5, 0.6) is 11.5 Å². The van der Waals surface area contributed by atoms with E-state index in [1.165, 1.54) is 7.11 Å². The molecule has 1 aromatic rings. The maximum atomic E-state index is 11.4. The first kappa shape index (κ1) is 19.7. The summed E-state index contributed by atoms with van der Waals surface area (Å²) in [5.41, 5.74) is 3.54. The van der Waals surface area contributed by atoms with Crippen LogP contribution in [-0.4, -0.2) is 43.5 Å². The van der Waals surface area contributed by atoms with E-state index < -0.39 is 0 Å². The Balaban J connectivity index is 2.65. The number of likely N-dealkylation sites (N-methyl/N-ethyl adjacent to an activating group) is 1. The van der Waals surface area contributed by atoms with Gasteiger partial charge < -0.3 is 20.1 Å². The summed E-state index contributed by atoms with van der Waals surface area (Å²) in [6, 6.07) is 5.53. The summed E-state index contributed by atoms with van der Waals surface area (Å²) in [6.45, 7) is 6.33. The third-order valence-electron chi connectivity index (χ3n) is 2.72. The number of carbonyl (C=O) groups is 1. The second-order valence-electron chi connectivity index (χ2n) is 5.15. The van der Waals surface area contributed by atoms with Gasteiger partial charge in [-0.2, -0.15) is 5.10 Å². The maximum Gasteiger partial charge on any atom is 0.257 e. The van der Waals surface area contributed by atoms with Crippen molar-refractivity contribution in [3.05, 3.63) is 23.8 Å². The lowest BCUT2D eigenvalue weighted by Gasteiger charge is -2.11. The van der Waals surface area contributed by atoms with E-state index in [0.717, 1.165) is 5.56 Å². The predicted molar refractivity (Wildman–Crippen MR) is 98.8 cm³/mol. The van der Waals surface area contributed by atoms with Gasteiger partial charge in [0.2, 0.25) is 0 Å². The van der Waals surface area contributed by atoms with Crippen molar-refractivity contribution in [3.63, 3.8) is 0 Å². The summed E-state index contributed by atoms with van der Waals surface area (Å²) < 4.78 is 10.7. The number of methoxy groups -OCH3 is 1. The van der Waals surface area contributed by atoms with E-state index in [0.29, 0.717) is 23.2 Å². The summed E-state index contributed by atoms with van der Waals surface area (Å²) in [7, 11) is 1.54. The molecular formula is C16H24N4O3S. The monoisotopic (exact) mass is 352 g/mol. The number of hydrogen-bond donors (Lipinski definition) is 3. The van der Waals surface area contributed by atoms with E-state index in [1.807, 2.05) is 20.8 Å². The van der Waals surface area contributed by atoms with Crippen molar-refractivity contribution in [1.82, 2.24) is 16.1 Å². The Morgan fingerprint density at radius 3 is 2.75 bits per heavy atom. The average molecular weight is 352 g/mol. The second kappa shape index (κ2) is 10.4. The number of hydrazone groups is 1. The molecule has 0 spiro atoms. The lowest BCUT2D eigenvalue weighted by Crippen LogP contribution is -2.36. The molecule has 0 heterocycles. The lowest BCUT2D eigenvalue weighted by atomic mass is 10.2. The van der Waals surface area contributed by atoms with Gasteiger partial charge in [-0.1, -0.05) is 0 Å². The van der Waals surface area contributed by atoms with Gasteiger partial charge in [-0.25, -0.2) is 0 Å². The van der Waals surface area contributed by atoms with Crippen LogP contribution in [0.2, 0.25) is 0 Å². The van der Waals surface area contributed by atoms with Gasteiger partial charge in [0.15, 0.2) is 23.2 Å². The standard InChI is InChI=1S/C16H24N4O3S/c1-5-17-15(21)10-23-13-7-6-12(8-14(13)22-4)9-18-20-16(24)19-11(2)3/h6-9,11H,5,10H2,1-4H3,(H,17,21)(H2,19,20,24). The van der Waals surface area contributed by atoms with Crippen molar-refractivity contribution in [2.45, 2.75) is 26.8 Å². The van der Waals surface area contributed by atoms with Gasteiger partial charge >= 0.3 is 0 Å². The normalized spacial score (nSPS) is 10.5. The smallest absolute Gasteiger partial charge is 0.257 e. The summed E-state index contributed by atoms with van der Waals surface area (Å²) in [6.07, 6.45) is 1.62. The highest BCUT2D eigenvalue weighted by atomic mass is 32.1. The van der Waals surface area contributed by atoms with Crippen LogP contribution in [0.4, 0.5) is 0 Å². The van der Waals surface area contributed by atoms with Crippen molar-refractivity contribution in [3.8, 4) is 11.5 Å². The molecule has 0 fully saturated rings. The van der Waals surface area contributed by atoms with Crippen LogP contribution in [0.15, 0.2) is 23.3 Å².